The maximum Gasteiger partial charge on any atom is 0.412 e. The van der Waals surface area contributed by atoms with Gasteiger partial charge < -0.3 is 20.3 Å². The van der Waals surface area contributed by atoms with E-state index in [0.717, 1.165) is 17.7 Å². The summed E-state index contributed by atoms with van der Waals surface area (Å²) in [6, 6.07) is 10.9. The van der Waals surface area contributed by atoms with Crippen LogP contribution in [-0.4, -0.2) is 34.7 Å². The minimum atomic E-state index is -1.37. The Bertz CT molecular complexity index is 976. The van der Waals surface area contributed by atoms with Crippen molar-refractivity contribution in [1.29, 1.82) is 0 Å². The number of amides is 1. The van der Waals surface area contributed by atoms with Gasteiger partial charge in [0.2, 0.25) is 0 Å². The van der Waals surface area contributed by atoms with E-state index in [9.17, 15) is 24.2 Å². The van der Waals surface area contributed by atoms with E-state index < -0.39 is 35.2 Å². The number of phenolic OH excluding ortho intramolecular Hbond substituents is 1. The minimum Gasteiger partial charge on any atom is -0.505 e. The Morgan fingerprint density at radius 1 is 1.24 bits per heavy atom. The maximum atomic E-state index is 14.2. The minimum absolute atomic E-state index is 0.0560. The number of phenols is 1. The van der Waals surface area contributed by atoms with Crippen LogP contribution in [0.3, 0.4) is 0 Å². The van der Waals surface area contributed by atoms with Crippen molar-refractivity contribution in [3.63, 3.8) is 0 Å². The molecule has 0 radical (unpaired) electrons. The van der Waals surface area contributed by atoms with E-state index in [-0.39, 0.29) is 24.6 Å². The van der Waals surface area contributed by atoms with Gasteiger partial charge in [-0.2, -0.15) is 0 Å². The Morgan fingerprint density at radius 3 is 2.66 bits per heavy atom. The van der Waals surface area contributed by atoms with Crippen LogP contribution >= 0.6 is 0 Å². The number of anilines is 1. The highest BCUT2D eigenvalue weighted by Gasteiger charge is 2.31. The number of hydrogen-bond acceptors (Lipinski definition) is 6. The van der Waals surface area contributed by atoms with Gasteiger partial charge in [-0.15, -0.1) is 0 Å². The van der Waals surface area contributed by atoms with Crippen LogP contribution in [0.25, 0.3) is 0 Å². The number of carboxylic acids is 1. The fourth-order valence-electron chi connectivity index (χ4n) is 2.76. The standard InChI is InChI=1S/C20H18FN3O5/c21-14-8-7-13(15(19(26)27)18-22-9-4-10-23-18)17(25)16(14)24-20(28)29-11-12-5-2-1-3-6-12/h1-9,15,25H,10-11H2,(H,22,23)(H,24,28)(H,26,27). The molecule has 1 aliphatic rings. The molecule has 3 rings (SSSR count). The largest absolute Gasteiger partial charge is 0.505 e. The molecule has 9 heteroatoms. The number of halogens is 1. The van der Waals surface area contributed by atoms with E-state index in [1.54, 1.807) is 30.3 Å². The van der Waals surface area contributed by atoms with E-state index in [1.165, 1.54) is 6.20 Å². The van der Waals surface area contributed by atoms with E-state index >= 15 is 0 Å². The molecule has 0 spiro atoms. The second-order valence-corrected chi connectivity index (χ2v) is 6.09. The maximum absolute atomic E-state index is 14.2. The van der Waals surface area contributed by atoms with Crippen LogP contribution in [0, 0.1) is 5.82 Å². The number of nitrogens with zero attached hydrogens (tertiary/aromatic N) is 1. The topological polar surface area (TPSA) is 120 Å². The van der Waals surface area contributed by atoms with E-state index in [1.807, 2.05) is 6.07 Å². The van der Waals surface area contributed by atoms with Crippen molar-refractivity contribution in [3.05, 3.63) is 71.7 Å². The van der Waals surface area contributed by atoms with Gasteiger partial charge >= 0.3 is 12.1 Å². The number of amidine groups is 1. The number of carboxylic acid groups (broad SMARTS) is 1. The molecule has 0 saturated heterocycles. The Labute approximate surface area is 165 Å². The summed E-state index contributed by atoms with van der Waals surface area (Å²) in [4.78, 5) is 27.9. The lowest BCUT2D eigenvalue weighted by Crippen LogP contribution is -2.33. The number of ether oxygens (including phenoxy) is 1. The number of carbonyl (C=O) groups is 2. The van der Waals surface area contributed by atoms with E-state index in [2.05, 4.69) is 15.6 Å². The van der Waals surface area contributed by atoms with Crippen LogP contribution in [0.1, 0.15) is 17.0 Å². The second-order valence-electron chi connectivity index (χ2n) is 6.09. The number of hydrogen-bond donors (Lipinski definition) is 4. The first-order chi connectivity index (χ1) is 14.0. The highest BCUT2D eigenvalue weighted by atomic mass is 19.1. The lowest BCUT2D eigenvalue weighted by molar-refractivity contribution is -0.137. The van der Waals surface area contributed by atoms with Gasteiger partial charge in [-0.1, -0.05) is 36.4 Å². The van der Waals surface area contributed by atoms with Gasteiger partial charge in [-0.05, 0) is 23.9 Å². The number of aliphatic imine (C=N–C) groups is 1. The number of benzene rings is 2. The van der Waals surface area contributed by atoms with Crippen molar-refractivity contribution in [2.24, 2.45) is 4.99 Å². The summed E-state index contributed by atoms with van der Waals surface area (Å²) >= 11 is 0. The fraction of sp³-hybridized carbons (Fsp3) is 0.150. The number of aromatic hydroxyl groups is 1. The second kappa shape index (κ2) is 8.87. The number of carbonyl (C=O) groups excluding carboxylic acids is 1. The predicted molar refractivity (Wildman–Crippen MR) is 103 cm³/mol. The third-order valence-corrected chi connectivity index (χ3v) is 4.15. The van der Waals surface area contributed by atoms with Crippen LogP contribution in [-0.2, 0) is 16.1 Å². The van der Waals surface area contributed by atoms with E-state index in [4.69, 9.17) is 4.74 Å². The summed E-state index contributed by atoms with van der Waals surface area (Å²) < 4.78 is 19.2. The number of aliphatic carboxylic acids is 1. The molecule has 150 valence electrons. The molecule has 1 aliphatic heterocycles. The monoisotopic (exact) mass is 399 g/mol. The van der Waals surface area contributed by atoms with Crippen molar-refractivity contribution in [1.82, 2.24) is 5.32 Å². The average molecular weight is 399 g/mol. The van der Waals surface area contributed by atoms with Crippen LogP contribution in [0.5, 0.6) is 5.75 Å². The lowest BCUT2D eigenvalue weighted by atomic mass is 9.95. The first kappa shape index (κ1) is 19.9. The van der Waals surface area contributed by atoms with Gasteiger partial charge in [0.05, 0.1) is 6.54 Å². The summed E-state index contributed by atoms with van der Waals surface area (Å²) in [6.45, 7) is 0.213. The van der Waals surface area contributed by atoms with Crippen molar-refractivity contribution in [2.75, 3.05) is 11.9 Å². The summed E-state index contributed by atoms with van der Waals surface area (Å²) in [7, 11) is 0. The molecular weight excluding hydrogens is 381 g/mol. The molecule has 1 heterocycles. The molecule has 0 aromatic heterocycles. The third-order valence-electron chi connectivity index (χ3n) is 4.15. The van der Waals surface area contributed by atoms with Crippen molar-refractivity contribution >= 4 is 23.6 Å². The molecule has 29 heavy (non-hydrogen) atoms. The highest BCUT2D eigenvalue weighted by Crippen LogP contribution is 2.36. The Morgan fingerprint density at radius 2 is 2.00 bits per heavy atom. The highest BCUT2D eigenvalue weighted by molar-refractivity contribution is 6.07. The molecule has 1 amide bonds. The third kappa shape index (κ3) is 4.70. The molecular formula is C20H18FN3O5. The Kier molecular flexibility index (Phi) is 6.08. The first-order valence-corrected chi connectivity index (χ1v) is 8.65. The van der Waals surface area contributed by atoms with Gasteiger partial charge in [-0.3, -0.25) is 15.1 Å². The number of rotatable bonds is 6. The zero-order valence-corrected chi connectivity index (χ0v) is 15.1. The SMILES string of the molecule is O=C(Nc1c(F)ccc(C(C(=O)O)C2=NCC=CN2)c1O)OCc1ccccc1. The zero-order valence-electron chi connectivity index (χ0n) is 15.1. The fourth-order valence-corrected chi connectivity index (χ4v) is 2.76. The summed E-state index contributed by atoms with van der Waals surface area (Å²) in [5, 5.41) is 24.9. The average Bonchev–Trinajstić information content (AvgIpc) is 2.73. The first-order valence-electron chi connectivity index (χ1n) is 8.65. The quantitative estimate of drug-likeness (QED) is 0.555. The molecule has 0 saturated carbocycles. The van der Waals surface area contributed by atoms with Crippen LogP contribution < -0.4 is 10.6 Å². The smallest absolute Gasteiger partial charge is 0.412 e. The summed E-state index contributed by atoms with van der Waals surface area (Å²) in [5.74, 6) is -4.24. The van der Waals surface area contributed by atoms with Crippen molar-refractivity contribution in [3.8, 4) is 5.75 Å². The molecule has 0 bridgehead atoms. The van der Waals surface area contributed by atoms with Crippen molar-refractivity contribution < 1.29 is 28.9 Å². The van der Waals surface area contributed by atoms with Gasteiger partial charge in [-0.25, -0.2) is 9.18 Å². The van der Waals surface area contributed by atoms with Crippen molar-refractivity contribution in [2.45, 2.75) is 12.5 Å². The van der Waals surface area contributed by atoms with Crippen LogP contribution in [0.4, 0.5) is 14.9 Å². The summed E-state index contributed by atoms with van der Waals surface area (Å²) in [5.41, 5.74) is 0.0269. The molecule has 1 atom stereocenters. The molecule has 2 aromatic rings. The van der Waals surface area contributed by atoms with Gasteiger partial charge in [0.1, 0.15) is 29.8 Å². The predicted octanol–water partition coefficient (Wildman–Crippen LogP) is 2.96. The van der Waals surface area contributed by atoms with Gasteiger partial charge in [0.15, 0.2) is 5.82 Å². The summed E-state index contributed by atoms with van der Waals surface area (Å²) in [6.07, 6.45) is 2.21. The Hall–Kier alpha value is -3.88. The normalized spacial score (nSPS) is 13.8. The molecule has 2 aromatic carbocycles. The van der Waals surface area contributed by atoms with Gasteiger partial charge in [0.25, 0.3) is 0 Å². The molecule has 1 unspecified atom stereocenters. The van der Waals surface area contributed by atoms with Gasteiger partial charge in [0, 0.05) is 5.56 Å². The van der Waals surface area contributed by atoms with Crippen LogP contribution in [0.15, 0.2) is 59.7 Å². The zero-order chi connectivity index (χ0) is 20.8. The van der Waals surface area contributed by atoms with Crippen LogP contribution in [0.2, 0.25) is 0 Å². The van der Waals surface area contributed by atoms with E-state index in [0.29, 0.717) is 0 Å². The lowest BCUT2D eigenvalue weighted by Gasteiger charge is -2.20. The number of nitrogens with one attached hydrogen (secondary N) is 2. The molecule has 0 fully saturated rings. The molecule has 4 N–H and O–H groups in total. The molecule has 8 nitrogen and oxygen atoms in total. The molecule has 0 aliphatic carbocycles. The Balaban J connectivity index is 1.81.